The fourth-order valence-electron chi connectivity index (χ4n) is 2.74. The van der Waals surface area contributed by atoms with Crippen molar-refractivity contribution in [2.45, 2.75) is 18.7 Å². The molecule has 0 radical (unpaired) electrons. The van der Waals surface area contributed by atoms with Crippen LogP contribution in [0.3, 0.4) is 0 Å². The molecule has 2 N–H and O–H groups in total. The van der Waals surface area contributed by atoms with E-state index >= 15 is 0 Å². The van der Waals surface area contributed by atoms with E-state index in [4.69, 9.17) is 16.3 Å². The van der Waals surface area contributed by atoms with E-state index in [1.807, 2.05) is 0 Å². The number of halogens is 1. The number of anilines is 2. The van der Waals surface area contributed by atoms with Crippen molar-refractivity contribution in [3.05, 3.63) is 70.6 Å². The van der Waals surface area contributed by atoms with E-state index < -0.39 is 15.9 Å². The topological polar surface area (TPSA) is 110 Å². The molecular formula is C20H19ClN4O4S. The Kier molecular flexibility index (Phi) is 6.23. The van der Waals surface area contributed by atoms with Crippen LogP contribution in [0, 0.1) is 13.8 Å². The van der Waals surface area contributed by atoms with Crippen molar-refractivity contribution < 1.29 is 17.9 Å². The molecule has 0 saturated heterocycles. The van der Waals surface area contributed by atoms with Crippen LogP contribution < -0.4 is 14.8 Å². The maximum Gasteiger partial charge on any atom is 0.263 e. The Morgan fingerprint density at radius 2 is 1.73 bits per heavy atom. The minimum absolute atomic E-state index is 0.0229. The Morgan fingerprint density at radius 1 is 1.03 bits per heavy atom. The molecule has 0 bridgehead atoms. The lowest BCUT2D eigenvalue weighted by Crippen LogP contribution is -2.15. The van der Waals surface area contributed by atoms with Gasteiger partial charge in [0.25, 0.3) is 15.9 Å². The van der Waals surface area contributed by atoms with Gasteiger partial charge < -0.3 is 10.1 Å². The molecule has 156 valence electrons. The van der Waals surface area contributed by atoms with Crippen molar-refractivity contribution in [2.24, 2.45) is 0 Å². The largest absolute Gasteiger partial charge is 0.496 e. The van der Waals surface area contributed by atoms with Crippen molar-refractivity contribution in [2.75, 3.05) is 17.1 Å². The highest BCUT2D eigenvalue weighted by Crippen LogP contribution is 2.24. The molecular weight excluding hydrogens is 428 g/mol. The number of sulfonamides is 1. The standard InChI is InChI=1S/C20H19ClN4O4S/c1-12-10-19(23-13(2)22-12)25-30(27,28)16-7-5-15(6-8-16)24-20(26)17-11-14(21)4-9-18(17)29-3/h4-11H,1-3H3,(H,24,26)(H,22,23,25). The molecule has 1 aromatic heterocycles. The molecule has 0 aliphatic heterocycles. The van der Waals surface area contributed by atoms with Crippen LogP contribution in [0.1, 0.15) is 21.9 Å². The van der Waals surface area contributed by atoms with Gasteiger partial charge in [-0.25, -0.2) is 18.4 Å². The van der Waals surface area contributed by atoms with Crippen LogP contribution in [0.4, 0.5) is 11.5 Å². The molecule has 0 spiro atoms. The zero-order chi connectivity index (χ0) is 21.9. The number of benzene rings is 2. The van der Waals surface area contributed by atoms with Gasteiger partial charge in [-0.2, -0.15) is 0 Å². The molecule has 1 amide bonds. The summed E-state index contributed by atoms with van der Waals surface area (Å²) in [6.07, 6.45) is 0. The quantitative estimate of drug-likeness (QED) is 0.595. The van der Waals surface area contributed by atoms with E-state index in [-0.39, 0.29) is 16.3 Å². The third-order valence-electron chi connectivity index (χ3n) is 4.03. The number of hydrogen-bond donors (Lipinski definition) is 2. The van der Waals surface area contributed by atoms with Gasteiger partial charge in [0.05, 0.1) is 17.6 Å². The normalized spacial score (nSPS) is 11.1. The number of amides is 1. The number of nitrogens with one attached hydrogen (secondary N) is 2. The van der Waals surface area contributed by atoms with E-state index in [0.717, 1.165) is 0 Å². The number of ether oxygens (including phenoxy) is 1. The summed E-state index contributed by atoms with van der Waals surface area (Å²) in [6.45, 7) is 3.43. The molecule has 0 aliphatic rings. The second kappa shape index (κ2) is 8.68. The molecule has 0 saturated carbocycles. The van der Waals surface area contributed by atoms with Gasteiger partial charge in [0, 0.05) is 22.5 Å². The van der Waals surface area contributed by atoms with Gasteiger partial charge in [0.2, 0.25) is 0 Å². The van der Waals surface area contributed by atoms with E-state index in [0.29, 0.717) is 28.0 Å². The maximum absolute atomic E-state index is 12.6. The number of aromatic nitrogens is 2. The molecule has 3 aromatic rings. The molecule has 30 heavy (non-hydrogen) atoms. The third-order valence-corrected chi connectivity index (χ3v) is 5.64. The number of rotatable bonds is 6. The Morgan fingerprint density at radius 3 is 2.37 bits per heavy atom. The van der Waals surface area contributed by atoms with Gasteiger partial charge in [-0.3, -0.25) is 9.52 Å². The average molecular weight is 447 g/mol. The lowest BCUT2D eigenvalue weighted by Gasteiger charge is -2.11. The van der Waals surface area contributed by atoms with Crippen LogP contribution in [0.2, 0.25) is 5.02 Å². The molecule has 2 aromatic carbocycles. The molecule has 0 atom stereocenters. The van der Waals surface area contributed by atoms with Crippen molar-refractivity contribution in [1.82, 2.24) is 9.97 Å². The molecule has 8 nitrogen and oxygen atoms in total. The number of methoxy groups -OCH3 is 1. The first-order valence-corrected chi connectivity index (χ1v) is 10.6. The monoisotopic (exact) mass is 446 g/mol. The summed E-state index contributed by atoms with van der Waals surface area (Å²) in [5.74, 6) is 0.582. The van der Waals surface area contributed by atoms with Crippen LogP contribution in [-0.4, -0.2) is 31.4 Å². The molecule has 0 fully saturated rings. The number of nitrogens with zero attached hydrogens (tertiary/aromatic N) is 2. The van der Waals surface area contributed by atoms with E-state index in [9.17, 15) is 13.2 Å². The second-order valence-corrected chi connectivity index (χ2v) is 8.49. The average Bonchev–Trinajstić information content (AvgIpc) is 2.67. The van der Waals surface area contributed by atoms with Crippen LogP contribution in [0.25, 0.3) is 0 Å². The highest BCUT2D eigenvalue weighted by atomic mass is 35.5. The summed E-state index contributed by atoms with van der Waals surface area (Å²) in [5, 5.41) is 3.08. The highest BCUT2D eigenvalue weighted by molar-refractivity contribution is 7.92. The first-order valence-electron chi connectivity index (χ1n) is 8.78. The van der Waals surface area contributed by atoms with Crippen LogP contribution in [0.5, 0.6) is 5.75 Å². The zero-order valence-electron chi connectivity index (χ0n) is 16.4. The lowest BCUT2D eigenvalue weighted by atomic mass is 10.2. The van der Waals surface area contributed by atoms with Crippen molar-refractivity contribution in [3.8, 4) is 5.75 Å². The molecule has 1 heterocycles. The number of hydrogen-bond acceptors (Lipinski definition) is 6. The molecule has 10 heteroatoms. The van der Waals surface area contributed by atoms with Gasteiger partial charge >= 0.3 is 0 Å². The van der Waals surface area contributed by atoms with Crippen molar-refractivity contribution >= 4 is 39.0 Å². The summed E-state index contributed by atoms with van der Waals surface area (Å²) in [7, 11) is -2.40. The van der Waals surface area contributed by atoms with Gasteiger partial charge in [-0.1, -0.05) is 11.6 Å². The van der Waals surface area contributed by atoms with E-state index in [2.05, 4.69) is 20.0 Å². The summed E-state index contributed by atoms with van der Waals surface area (Å²) in [6, 6.07) is 12.0. The molecule has 0 unspecified atom stereocenters. The lowest BCUT2D eigenvalue weighted by molar-refractivity contribution is 0.102. The second-order valence-electron chi connectivity index (χ2n) is 6.37. The Balaban J connectivity index is 1.77. The zero-order valence-corrected chi connectivity index (χ0v) is 18.0. The highest BCUT2D eigenvalue weighted by Gasteiger charge is 2.17. The number of carbonyl (C=O) groups excluding carboxylic acids is 1. The summed E-state index contributed by atoms with van der Waals surface area (Å²) >= 11 is 5.96. The summed E-state index contributed by atoms with van der Waals surface area (Å²) in [4.78, 5) is 20.8. The van der Waals surface area contributed by atoms with Crippen molar-refractivity contribution in [1.29, 1.82) is 0 Å². The minimum atomic E-state index is -3.85. The SMILES string of the molecule is COc1ccc(Cl)cc1C(=O)Nc1ccc(S(=O)(=O)Nc2cc(C)nc(C)n2)cc1. The van der Waals surface area contributed by atoms with E-state index in [1.165, 1.54) is 43.5 Å². The fourth-order valence-corrected chi connectivity index (χ4v) is 3.90. The first kappa shape index (κ1) is 21.5. The van der Waals surface area contributed by atoms with Gasteiger partial charge in [-0.05, 0) is 56.3 Å². The van der Waals surface area contributed by atoms with Crippen molar-refractivity contribution in [3.63, 3.8) is 0 Å². The predicted molar refractivity (Wildman–Crippen MR) is 115 cm³/mol. The number of aryl methyl sites for hydroxylation is 2. The molecule has 3 rings (SSSR count). The van der Waals surface area contributed by atoms with Crippen LogP contribution in [0.15, 0.2) is 53.4 Å². The van der Waals surface area contributed by atoms with Gasteiger partial charge in [0.15, 0.2) is 0 Å². The predicted octanol–water partition coefficient (Wildman–Crippen LogP) is 3.81. The third kappa shape index (κ3) is 5.05. The molecule has 0 aliphatic carbocycles. The summed E-state index contributed by atoms with van der Waals surface area (Å²) in [5.41, 5.74) is 1.32. The van der Waals surface area contributed by atoms with E-state index in [1.54, 1.807) is 26.0 Å². The number of carbonyl (C=O) groups is 1. The minimum Gasteiger partial charge on any atom is -0.496 e. The smallest absolute Gasteiger partial charge is 0.263 e. The maximum atomic E-state index is 12.6. The summed E-state index contributed by atoms with van der Waals surface area (Å²) < 4.78 is 32.8. The van der Waals surface area contributed by atoms with Gasteiger partial charge in [0.1, 0.15) is 17.4 Å². The Bertz CT molecular complexity index is 1180. The Hall–Kier alpha value is -3.17. The van der Waals surface area contributed by atoms with Crippen LogP contribution >= 0.6 is 11.6 Å². The van der Waals surface area contributed by atoms with Crippen LogP contribution in [-0.2, 0) is 10.0 Å². The van der Waals surface area contributed by atoms with Gasteiger partial charge in [-0.15, -0.1) is 0 Å². The Labute approximate surface area is 179 Å². The fraction of sp³-hybridized carbons (Fsp3) is 0.150. The first-order chi connectivity index (χ1) is 14.2.